The normalized spacial score (nSPS) is 11.3. The van der Waals surface area contributed by atoms with E-state index in [2.05, 4.69) is 0 Å². The third-order valence-corrected chi connectivity index (χ3v) is 4.38. The predicted octanol–water partition coefficient (Wildman–Crippen LogP) is 6.81. The molecule has 0 saturated carbocycles. The minimum atomic E-state index is -0.825. The maximum atomic E-state index is 14.3. The highest BCUT2D eigenvalue weighted by Crippen LogP contribution is 2.27. The number of aryl methyl sites for hydroxylation is 2. The van der Waals surface area contributed by atoms with Crippen molar-refractivity contribution >= 4 is 12.2 Å². The molecule has 3 aromatic rings. The molecule has 0 nitrogen and oxygen atoms in total. The van der Waals surface area contributed by atoms with E-state index in [1.54, 1.807) is 61.5 Å². The summed E-state index contributed by atoms with van der Waals surface area (Å²) >= 11 is 0. The molecule has 0 radical (unpaired) electrons. The van der Waals surface area contributed by atoms with Crippen molar-refractivity contribution in [3.63, 3.8) is 0 Å². The fourth-order valence-electron chi connectivity index (χ4n) is 2.81. The molecule has 132 valence electrons. The monoisotopic (exact) mass is 352 g/mol. The largest absolute Gasteiger partial charge is 0.206 e. The molecule has 0 saturated heterocycles. The lowest BCUT2D eigenvalue weighted by Crippen LogP contribution is -1.95. The minimum Gasteiger partial charge on any atom is -0.206 e. The van der Waals surface area contributed by atoms with Crippen LogP contribution in [-0.4, -0.2) is 0 Å². The van der Waals surface area contributed by atoms with Gasteiger partial charge in [-0.1, -0.05) is 67.6 Å². The molecule has 0 amide bonds. The zero-order valence-electron chi connectivity index (χ0n) is 14.7. The summed E-state index contributed by atoms with van der Waals surface area (Å²) in [6.07, 6.45) is 3.93. The number of hydrogen-bond donors (Lipinski definition) is 0. The molecule has 3 rings (SSSR count). The molecule has 0 aliphatic rings. The minimum absolute atomic E-state index is 0.236. The van der Waals surface area contributed by atoms with E-state index in [1.165, 1.54) is 6.07 Å². The van der Waals surface area contributed by atoms with Gasteiger partial charge in [0.2, 0.25) is 0 Å². The second-order valence-electron chi connectivity index (χ2n) is 6.23. The zero-order valence-corrected chi connectivity index (χ0v) is 14.7. The van der Waals surface area contributed by atoms with Crippen molar-refractivity contribution in [2.24, 2.45) is 0 Å². The Morgan fingerprint density at radius 1 is 0.808 bits per heavy atom. The van der Waals surface area contributed by atoms with Crippen molar-refractivity contribution < 1.29 is 13.2 Å². The quantitative estimate of drug-likeness (QED) is 0.452. The highest BCUT2D eigenvalue weighted by Gasteiger charge is 2.13. The summed E-state index contributed by atoms with van der Waals surface area (Å²) in [7, 11) is 0. The van der Waals surface area contributed by atoms with Crippen molar-refractivity contribution in [3.8, 4) is 11.1 Å². The fraction of sp³-hybridized carbons (Fsp3) is 0.130. The summed E-state index contributed by atoms with van der Waals surface area (Å²) in [5.74, 6) is -1.88. The summed E-state index contributed by atoms with van der Waals surface area (Å²) in [4.78, 5) is 0. The second-order valence-corrected chi connectivity index (χ2v) is 6.23. The first kappa shape index (κ1) is 18.0. The van der Waals surface area contributed by atoms with Crippen LogP contribution in [0.25, 0.3) is 23.3 Å². The number of rotatable bonds is 4. The molecular weight excluding hydrogens is 333 g/mol. The Balaban J connectivity index is 1.85. The van der Waals surface area contributed by atoms with Gasteiger partial charge in [-0.3, -0.25) is 0 Å². The summed E-state index contributed by atoms with van der Waals surface area (Å²) in [6, 6.07) is 15.3. The van der Waals surface area contributed by atoms with E-state index >= 15 is 0 Å². The van der Waals surface area contributed by atoms with Gasteiger partial charge in [0.1, 0.15) is 5.82 Å². The SMILES string of the molecule is CCc1ccc(-c2ccc(/C=C/c3ccc(C)cc3F)cc2)c(F)c1F. The molecule has 26 heavy (non-hydrogen) atoms. The highest BCUT2D eigenvalue weighted by molar-refractivity contribution is 5.72. The van der Waals surface area contributed by atoms with Gasteiger partial charge in [-0.05, 0) is 41.7 Å². The van der Waals surface area contributed by atoms with Gasteiger partial charge in [0.15, 0.2) is 11.6 Å². The zero-order chi connectivity index (χ0) is 18.7. The van der Waals surface area contributed by atoms with Gasteiger partial charge in [-0.2, -0.15) is 0 Å². The Morgan fingerprint density at radius 3 is 2.19 bits per heavy atom. The third kappa shape index (κ3) is 3.72. The molecule has 0 aliphatic heterocycles. The van der Waals surface area contributed by atoms with Crippen molar-refractivity contribution in [2.75, 3.05) is 0 Å². The molecule has 0 unspecified atom stereocenters. The summed E-state index contributed by atoms with van der Waals surface area (Å²) in [5.41, 5.74) is 3.42. The topological polar surface area (TPSA) is 0 Å². The number of hydrogen-bond acceptors (Lipinski definition) is 0. The first-order chi connectivity index (χ1) is 12.5. The van der Waals surface area contributed by atoms with Crippen LogP contribution < -0.4 is 0 Å². The van der Waals surface area contributed by atoms with Crippen LogP contribution >= 0.6 is 0 Å². The lowest BCUT2D eigenvalue weighted by molar-refractivity contribution is 0.502. The molecule has 0 atom stereocenters. The molecule has 0 fully saturated rings. The summed E-state index contributed by atoms with van der Waals surface area (Å²) in [5, 5.41) is 0. The molecule has 3 heteroatoms. The van der Waals surface area contributed by atoms with Crippen LogP contribution in [0.2, 0.25) is 0 Å². The number of halogens is 3. The van der Waals surface area contributed by atoms with Crippen LogP contribution in [-0.2, 0) is 6.42 Å². The molecule has 0 aliphatic carbocycles. The van der Waals surface area contributed by atoms with Gasteiger partial charge in [0.25, 0.3) is 0 Å². The van der Waals surface area contributed by atoms with E-state index in [0.29, 0.717) is 23.1 Å². The Hall–Kier alpha value is -2.81. The van der Waals surface area contributed by atoms with Crippen molar-refractivity contribution in [2.45, 2.75) is 20.3 Å². The first-order valence-electron chi connectivity index (χ1n) is 8.51. The molecule has 0 N–H and O–H groups in total. The highest BCUT2D eigenvalue weighted by atomic mass is 19.2. The van der Waals surface area contributed by atoms with Crippen LogP contribution in [0.3, 0.4) is 0 Å². The van der Waals surface area contributed by atoms with E-state index in [4.69, 9.17) is 0 Å². The Labute approximate surface area is 151 Å². The maximum absolute atomic E-state index is 14.3. The van der Waals surface area contributed by atoms with Crippen molar-refractivity contribution in [3.05, 3.63) is 94.3 Å². The van der Waals surface area contributed by atoms with E-state index < -0.39 is 11.6 Å². The van der Waals surface area contributed by atoms with Crippen molar-refractivity contribution in [1.82, 2.24) is 0 Å². The molecular formula is C23H19F3. The van der Waals surface area contributed by atoms with Gasteiger partial charge in [-0.25, -0.2) is 13.2 Å². The van der Waals surface area contributed by atoms with Crippen LogP contribution in [0.5, 0.6) is 0 Å². The third-order valence-electron chi connectivity index (χ3n) is 4.38. The Morgan fingerprint density at radius 2 is 1.54 bits per heavy atom. The van der Waals surface area contributed by atoms with Gasteiger partial charge in [0.05, 0.1) is 0 Å². The standard InChI is InChI=1S/C23H19F3/c1-3-17-12-13-20(23(26)22(17)25)18-9-5-16(6-10-18)7-11-19-8-4-15(2)14-21(19)24/h4-14H,3H2,1-2H3/b11-7+. The Bertz CT molecular complexity index is 954. The van der Waals surface area contributed by atoms with E-state index in [-0.39, 0.29) is 11.4 Å². The van der Waals surface area contributed by atoms with Gasteiger partial charge < -0.3 is 0 Å². The fourth-order valence-corrected chi connectivity index (χ4v) is 2.81. The number of benzene rings is 3. The van der Waals surface area contributed by atoms with Crippen LogP contribution in [0.1, 0.15) is 29.2 Å². The second kappa shape index (κ2) is 7.61. The first-order valence-corrected chi connectivity index (χ1v) is 8.51. The van der Waals surface area contributed by atoms with E-state index in [0.717, 1.165) is 11.1 Å². The van der Waals surface area contributed by atoms with Crippen LogP contribution in [0.4, 0.5) is 13.2 Å². The molecule has 0 spiro atoms. The molecule has 3 aromatic carbocycles. The molecule has 0 aromatic heterocycles. The van der Waals surface area contributed by atoms with E-state index in [1.807, 2.05) is 13.0 Å². The molecule has 0 bridgehead atoms. The Kier molecular flexibility index (Phi) is 5.27. The smallest absolute Gasteiger partial charge is 0.166 e. The summed E-state index contributed by atoms with van der Waals surface area (Å²) < 4.78 is 42.1. The molecule has 0 heterocycles. The average Bonchev–Trinajstić information content (AvgIpc) is 2.64. The lowest BCUT2D eigenvalue weighted by Gasteiger charge is -2.08. The maximum Gasteiger partial charge on any atom is 0.166 e. The van der Waals surface area contributed by atoms with Crippen molar-refractivity contribution in [1.29, 1.82) is 0 Å². The lowest BCUT2D eigenvalue weighted by atomic mass is 10.00. The van der Waals surface area contributed by atoms with Crippen LogP contribution in [0.15, 0.2) is 54.6 Å². The summed E-state index contributed by atoms with van der Waals surface area (Å²) in [6.45, 7) is 3.62. The van der Waals surface area contributed by atoms with Crippen LogP contribution in [0, 0.1) is 24.4 Å². The van der Waals surface area contributed by atoms with Gasteiger partial charge >= 0.3 is 0 Å². The van der Waals surface area contributed by atoms with E-state index in [9.17, 15) is 13.2 Å². The predicted molar refractivity (Wildman–Crippen MR) is 101 cm³/mol. The van der Waals surface area contributed by atoms with Gasteiger partial charge in [-0.15, -0.1) is 0 Å². The van der Waals surface area contributed by atoms with Gasteiger partial charge in [0, 0.05) is 11.1 Å². The average molecular weight is 352 g/mol.